The average Bonchev–Trinajstić information content (AvgIpc) is 2.32. The van der Waals surface area contributed by atoms with Crippen LogP contribution in [0.3, 0.4) is 0 Å². The molecule has 0 spiro atoms. The van der Waals surface area contributed by atoms with Gasteiger partial charge in [-0.2, -0.15) is 0 Å². The molecule has 0 aromatic carbocycles. The Hall–Kier alpha value is -0.170. The molecule has 1 fully saturated rings. The van der Waals surface area contributed by atoms with Gasteiger partial charge in [-0.15, -0.1) is 0 Å². The first-order valence-corrected chi connectivity index (χ1v) is 8.34. The van der Waals surface area contributed by atoms with E-state index in [1.165, 1.54) is 0 Å². The maximum atomic E-state index is 12.0. The van der Waals surface area contributed by atoms with Crippen LogP contribution >= 0.6 is 0 Å². The van der Waals surface area contributed by atoms with Crippen LogP contribution < -0.4 is 5.32 Å². The number of rotatable bonds is 7. The summed E-state index contributed by atoms with van der Waals surface area (Å²) in [6, 6.07) is 0. The second kappa shape index (κ2) is 7.43. The second-order valence-electron chi connectivity index (χ2n) is 5.30. The van der Waals surface area contributed by atoms with Gasteiger partial charge >= 0.3 is 0 Å². The lowest BCUT2D eigenvalue weighted by atomic mass is 9.97. The first kappa shape index (κ1) is 15.9. The zero-order valence-electron chi connectivity index (χ0n) is 11.9. The minimum Gasteiger partial charge on any atom is -0.320 e. The van der Waals surface area contributed by atoms with Gasteiger partial charge in [-0.1, -0.05) is 0 Å². The molecule has 0 saturated carbocycles. The maximum absolute atomic E-state index is 12.0. The van der Waals surface area contributed by atoms with Gasteiger partial charge in [-0.3, -0.25) is 0 Å². The predicted molar refractivity (Wildman–Crippen MR) is 75.2 cm³/mol. The zero-order chi connectivity index (χ0) is 13.6. The van der Waals surface area contributed by atoms with Crippen LogP contribution in [0.15, 0.2) is 0 Å². The summed E-state index contributed by atoms with van der Waals surface area (Å²) < 4.78 is 25.6. The summed E-state index contributed by atoms with van der Waals surface area (Å²) in [4.78, 5) is 2.30. The van der Waals surface area contributed by atoms with Crippen LogP contribution in [0.25, 0.3) is 0 Å². The molecule has 0 aliphatic carbocycles. The van der Waals surface area contributed by atoms with Crippen LogP contribution in [0.5, 0.6) is 0 Å². The van der Waals surface area contributed by atoms with E-state index in [0.29, 0.717) is 18.9 Å². The number of nitrogens with one attached hydrogen (secondary N) is 1. The Labute approximate surface area is 112 Å². The summed E-state index contributed by atoms with van der Waals surface area (Å²) >= 11 is 0. The summed E-state index contributed by atoms with van der Waals surface area (Å²) in [5.41, 5.74) is 0. The third-order valence-corrected chi connectivity index (χ3v) is 5.56. The fourth-order valence-corrected chi connectivity index (χ4v) is 3.57. The number of hydrogen-bond donors (Lipinski definition) is 1. The van der Waals surface area contributed by atoms with E-state index in [9.17, 15) is 8.42 Å². The fourth-order valence-electron chi connectivity index (χ4n) is 2.31. The van der Waals surface area contributed by atoms with E-state index in [1.807, 2.05) is 7.05 Å². The van der Waals surface area contributed by atoms with Gasteiger partial charge in [-0.25, -0.2) is 12.7 Å². The van der Waals surface area contributed by atoms with Crippen molar-refractivity contribution in [3.63, 3.8) is 0 Å². The van der Waals surface area contributed by atoms with Crippen molar-refractivity contribution >= 4 is 10.0 Å². The van der Waals surface area contributed by atoms with Gasteiger partial charge in [0.15, 0.2) is 0 Å². The van der Waals surface area contributed by atoms with E-state index < -0.39 is 10.0 Å². The Morgan fingerprint density at radius 2 is 1.94 bits per heavy atom. The zero-order valence-corrected chi connectivity index (χ0v) is 12.7. The lowest BCUT2D eigenvalue weighted by molar-refractivity contribution is 0.202. The molecule has 6 heteroatoms. The average molecular weight is 277 g/mol. The lowest BCUT2D eigenvalue weighted by Gasteiger charge is -2.31. The minimum atomic E-state index is -3.07. The van der Waals surface area contributed by atoms with Crippen LogP contribution in [0.4, 0.5) is 0 Å². The molecule has 1 rings (SSSR count). The van der Waals surface area contributed by atoms with E-state index in [0.717, 1.165) is 32.5 Å². The number of likely N-dealkylation sites (tertiary alicyclic amines) is 1. The SMILES string of the molecule is CNCCCS(=O)(=O)N(C)CC1CCN(C)CC1. The standard InChI is InChI=1S/C12H27N3O2S/c1-13-7-4-10-18(16,17)15(3)11-12-5-8-14(2)9-6-12/h12-13H,4-11H2,1-3H3. The molecule has 0 atom stereocenters. The second-order valence-corrected chi connectivity index (χ2v) is 7.50. The molecule has 1 N–H and O–H groups in total. The van der Waals surface area contributed by atoms with Crippen molar-refractivity contribution < 1.29 is 8.42 Å². The summed E-state index contributed by atoms with van der Waals surface area (Å²) in [5.74, 6) is 0.766. The topological polar surface area (TPSA) is 52.7 Å². The van der Waals surface area contributed by atoms with Crippen molar-refractivity contribution in [2.24, 2.45) is 5.92 Å². The van der Waals surface area contributed by atoms with E-state index >= 15 is 0 Å². The Balaban J connectivity index is 2.36. The van der Waals surface area contributed by atoms with E-state index in [2.05, 4.69) is 17.3 Å². The van der Waals surface area contributed by atoms with Gasteiger partial charge in [0.1, 0.15) is 0 Å². The van der Waals surface area contributed by atoms with Gasteiger partial charge in [0.2, 0.25) is 10.0 Å². The third-order valence-electron chi connectivity index (χ3n) is 3.66. The Morgan fingerprint density at radius 3 is 2.50 bits per heavy atom. The van der Waals surface area contributed by atoms with Crippen LogP contribution in [-0.2, 0) is 10.0 Å². The van der Waals surface area contributed by atoms with Crippen molar-refractivity contribution in [3.8, 4) is 0 Å². The highest BCUT2D eigenvalue weighted by atomic mass is 32.2. The molecule has 108 valence electrons. The van der Waals surface area contributed by atoms with Crippen LogP contribution in [0, 0.1) is 5.92 Å². The van der Waals surface area contributed by atoms with Gasteiger partial charge < -0.3 is 10.2 Å². The smallest absolute Gasteiger partial charge is 0.213 e. The lowest BCUT2D eigenvalue weighted by Crippen LogP contribution is -2.39. The quantitative estimate of drug-likeness (QED) is 0.676. The van der Waals surface area contributed by atoms with Crippen molar-refractivity contribution in [2.75, 3.05) is 53.1 Å². The number of hydrogen-bond acceptors (Lipinski definition) is 4. The van der Waals surface area contributed by atoms with Crippen LogP contribution in [0.2, 0.25) is 0 Å². The minimum absolute atomic E-state index is 0.247. The molecular weight excluding hydrogens is 250 g/mol. The van der Waals surface area contributed by atoms with Gasteiger partial charge in [0.25, 0.3) is 0 Å². The number of sulfonamides is 1. The summed E-state index contributed by atoms with van der Waals surface area (Å²) in [7, 11) is 2.61. The van der Waals surface area contributed by atoms with E-state index in [4.69, 9.17) is 0 Å². The molecule has 1 aliphatic heterocycles. The van der Waals surface area contributed by atoms with Crippen molar-refractivity contribution in [3.05, 3.63) is 0 Å². The fraction of sp³-hybridized carbons (Fsp3) is 1.00. The molecule has 1 heterocycles. The van der Waals surface area contributed by atoms with Crippen LogP contribution in [-0.4, -0.2) is 70.7 Å². The van der Waals surface area contributed by atoms with Crippen LogP contribution in [0.1, 0.15) is 19.3 Å². The van der Waals surface area contributed by atoms with Gasteiger partial charge in [-0.05, 0) is 58.9 Å². The molecule has 1 aliphatic rings. The molecule has 0 aromatic heterocycles. The summed E-state index contributed by atoms with van der Waals surface area (Å²) in [5, 5.41) is 2.98. The largest absolute Gasteiger partial charge is 0.320 e. The van der Waals surface area contributed by atoms with Gasteiger partial charge in [0, 0.05) is 13.6 Å². The third kappa shape index (κ3) is 5.22. The molecule has 0 radical (unpaired) electrons. The Morgan fingerprint density at radius 1 is 1.33 bits per heavy atom. The molecular formula is C12H27N3O2S. The molecule has 0 aromatic rings. The first-order chi connectivity index (χ1) is 8.45. The normalized spacial score (nSPS) is 19.6. The monoisotopic (exact) mass is 277 g/mol. The first-order valence-electron chi connectivity index (χ1n) is 6.73. The summed E-state index contributed by atoms with van der Waals surface area (Å²) in [6.45, 7) is 3.59. The predicted octanol–water partition coefficient (Wildman–Crippen LogP) is 0.199. The van der Waals surface area contributed by atoms with Crippen molar-refractivity contribution in [1.82, 2.24) is 14.5 Å². The highest BCUT2D eigenvalue weighted by Gasteiger charge is 2.23. The molecule has 5 nitrogen and oxygen atoms in total. The molecule has 0 amide bonds. The van der Waals surface area contributed by atoms with Crippen molar-refractivity contribution in [1.29, 1.82) is 0 Å². The van der Waals surface area contributed by atoms with E-state index in [1.54, 1.807) is 11.4 Å². The number of piperidine rings is 1. The highest BCUT2D eigenvalue weighted by molar-refractivity contribution is 7.89. The summed E-state index contributed by atoms with van der Waals surface area (Å²) in [6.07, 6.45) is 2.89. The number of nitrogens with zero attached hydrogens (tertiary/aromatic N) is 2. The Kier molecular flexibility index (Phi) is 6.55. The molecule has 0 bridgehead atoms. The van der Waals surface area contributed by atoms with Crippen molar-refractivity contribution in [2.45, 2.75) is 19.3 Å². The maximum Gasteiger partial charge on any atom is 0.213 e. The van der Waals surface area contributed by atoms with E-state index in [-0.39, 0.29) is 5.75 Å². The molecule has 0 unspecified atom stereocenters. The Bertz CT molecular complexity index is 324. The highest BCUT2D eigenvalue weighted by Crippen LogP contribution is 2.18. The van der Waals surface area contributed by atoms with Gasteiger partial charge in [0.05, 0.1) is 5.75 Å². The molecule has 18 heavy (non-hydrogen) atoms. The molecule has 1 saturated heterocycles.